The van der Waals surface area contributed by atoms with Crippen LogP contribution in [0.4, 0.5) is 0 Å². The van der Waals surface area contributed by atoms with E-state index in [-0.39, 0.29) is 6.04 Å². The third kappa shape index (κ3) is 1.26. The highest BCUT2D eigenvalue weighted by Gasteiger charge is 2.26. The third-order valence-electron chi connectivity index (χ3n) is 2.31. The summed E-state index contributed by atoms with van der Waals surface area (Å²) in [6.07, 6.45) is 5.16. The minimum Gasteiger partial charge on any atom is -0.423 e. The van der Waals surface area contributed by atoms with Crippen molar-refractivity contribution in [2.24, 2.45) is 10.2 Å². The lowest BCUT2D eigenvalue weighted by molar-refractivity contribution is 0.420. The summed E-state index contributed by atoms with van der Waals surface area (Å²) in [6, 6.07) is -0.0255. The molecule has 1 atom stereocenters. The van der Waals surface area contributed by atoms with Crippen LogP contribution in [0.5, 0.6) is 0 Å². The van der Waals surface area contributed by atoms with Crippen LogP contribution in [0.3, 0.4) is 0 Å². The van der Waals surface area contributed by atoms with E-state index < -0.39 is 7.12 Å². The first-order valence-electron chi connectivity index (χ1n) is 4.05. The normalized spacial score (nSPS) is 24.8. The van der Waals surface area contributed by atoms with Gasteiger partial charge in [0, 0.05) is 5.57 Å². The molecular weight excluding hydrogens is 167 g/mol. The van der Waals surface area contributed by atoms with Gasteiger partial charge in [-0.1, -0.05) is 12.2 Å². The van der Waals surface area contributed by atoms with Crippen LogP contribution in [0.25, 0.3) is 0 Å². The number of azo groups is 1. The van der Waals surface area contributed by atoms with Gasteiger partial charge >= 0.3 is 7.12 Å². The molecule has 2 aliphatic rings. The van der Waals surface area contributed by atoms with Crippen molar-refractivity contribution in [3.8, 4) is 0 Å². The number of hydrogen-bond acceptors (Lipinski definition) is 4. The van der Waals surface area contributed by atoms with Gasteiger partial charge in [-0.25, -0.2) is 0 Å². The van der Waals surface area contributed by atoms with Crippen molar-refractivity contribution < 1.29 is 10.0 Å². The van der Waals surface area contributed by atoms with E-state index in [1.54, 1.807) is 12.3 Å². The van der Waals surface area contributed by atoms with Crippen molar-refractivity contribution >= 4 is 7.12 Å². The van der Waals surface area contributed by atoms with Crippen LogP contribution in [0, 0.1) is 0 Å². The smallest absolute Gasteiger partial charge is 0.423 e. The number of allylic oxidation sites excluding steroid dienone is 2. The molecule has 2 N–H and O–H groups in total. The zero-order valence-corrected chi connectivity index (χ0v) is 7.18. The first-order chi connectivity index (χ1) is 6.20. The van der Waals surface area contributed by atoms with Crippen molar-refractivity contribution in [1.82, 2.24) is 0 Å². The van der Waals surface area contributed by atoms with E-state index in [1.807, 2.05) is 13.0 Å². The van der Waals surface area contributed by atoms with Gasteiger partial charge in [0.15, 0.2) is 0 Å². The Labute approximate surface area is 76.1 Å². The zero-order chi connectivity index (χ0) is 9.42. The van der Waals surface area contributed by atoms with E-state index in [4.69, 9.17) is 10.0 Å². The number of fused-ring (bicyclic) bond motifs is 1. The highest BCUT2D eigenvalue weighted by atomic mass is 16.4. The summed E-state index contributed by atoms with van der Waals surface area (Å²) in [5, 5.41) is 25.8. The largest absolute Gasteiger partial charge is 0.488 e. The van der Waals surface area contributed by atoms with Crippen LogP contribution in [0.15, 0.2) is 45.2 Å². The molecule has 0 saturated heterocycles. The summed E-state index contributed by atoms with van der Waals surface area (Å²) in [4.78, 5) is 0. The summed E-state index contributed by atoms with van der Waals surface area (Å²) in [7, 11) is -1.42. The predicted octanol–water partition coefficient (Wildman–Crippen LogP) is 0.603. The van der Waals surface area contributed by atoms with E-state index in [2.05, 4.69) is 10.2 Å². The maximum atomic E-state index is 9.03. The fourth-order valence-corrected chi connectivity index (χ4v) is 1.53. The van der Waals surface area contributed by atoms with Crippen LogP contribution >= 0.6 is 0 Å². The Morgan fingerprint density at radius 3 is 2.92 bits per heavy atom. The molecule has 66 valence electrons. The van der Waals surface area contributed by atoms with Crippen molar-refractivity contribution in [2.45, 2.75) is 13.0 Å². The van der Waals surface area contributed by atoms with Gasteiger partial charge < -0.3 is 10.0 Å². The van der Waals surface area contributed by atoms with Gasteiger partial charge in [0.1, 0.15) is 6.04 Å². The summed E-state index contributed by atoms with van der Waals surface area (Å²) < 4.78 is 0. The van der Waals surface area contributed by atoms with E-state index >= 15 is 0 Å². The Balaban J connectivity index is 2.41. The molecule has 0 aromatic heterocycles. The summed E-state index contributed by atoms with van der Waals surface area (Å²) in [6.45, 7) is 1.84. The highest BCUT2D eigenvalue weighted by Crippen LogP contribution is 2.30. The van der Waals surface area contributed by atoms with Crippen LogP contribution in [-0.2, 0) is 0 Å². The Bertz CT molecular complexity index is 355. The summed E-state index contributed by atoms with van der Waals surface area (Å²) in [5.74, 6) is 0. The molecule has 4 nitrogen and oxygen atoms in total. The molecule has 2 rings (SSSR count). The minimum atomic E-state index is -1.42. The Morgan fingerprint density at radius 2 is 2.23 bits per heavy atom. The predicted molar refractivity (Wildman–Crippen MR) is 48.8 cm³/mol. The average Bonchev–Trinajstić information content (AvgIpc) is 2.52. The molecule has 0 radical (unpaired) electrons. The van der Waals surface area contributed by atoms with Crippen LogP contribution in [-0.4, -0.2) is 23.2 Å². The van der Waals surface area contributed by atoms with E-state index in [9.17, 15) is 0 Å². The van der Waals surface area contributed by atoms with Crippen LogP contribution < -0.4 is 0 Å². The molecule has 0 fully saturated rings. The second kappa shape index (κ2) is 2.94. The van der Waals surface area contributed by atoms with Gasteiger partial charge in [-0.15, -0.1) is 0 Å². The first-order valence-corrected chi connectivity index (χ1v) is 4.05. The molecule has 1 aliphatic carbocycles. The number of rotatable bonds is 1. The highest BCUT2D eigenvalue weighted by molar-refractivity contribution is 6.52. The topological polar surface area (TPSA) is 65.2 Å². The van der Waals surface area contributed by atoms with E-state index in [0.29, 0.717) is 5.47 Å². The van der Waals surface area contributed by atoms with Gasteiger partial charge in [0.2, 0.25) is 0 Å². The third-order valence-corrected chi connectivity index (χ3v) is 2.31. The number of nitrogens with zero attached hydrogens (tertiary/aromatic N) is 2. The molecule has 1 aliphatic heterocycles. The fourth-order valence-electron chi connectivity index (χ4n) is 1.53. The second-order valence-electron chi connectivity index (χ2n) is 3.07. The SMILES string of the molecule is CC1=C(B(O)O)C=C[C@H]2N=NC=C12. The van der Waals surface area contributed by atoms with Crippen molar-refractivity contribution in [2.75, 3.05) is 0 Å². The van der Waals surface area contributed by atoms with Gasteiger partial charge in [-0.3, -0.25) is 0 Å². The fraction of sp³-hybridized carbons (Fsp3) is 0.250. The Kier molecular flexibility index (Phi) is 1.90. The lowest BCUT2D eigenvalue weighted by atomic mass is 9.72. The van der Waals surface area contributed by atoms with Crippen molar-refractivity contribution in [3.05, 3.63) is 35.0 Å². The zero-order valence-electron chi connectivity index (χ0n) is 7.18. The molecule has 1 heterocycles. The van der Waals surface area contributed by atoms with E-state index in [1.165, 1.54) is 0 Å². The Hall–Kier alpha value is -1.20. The lowest BCUT2D eigenvalue weighted by Gasteiger charge is -2.16. The maximum Gasteiger partial charge on any atom is 0.488 e. The standard InChI is InChI=1S/C8H9BN2O2/c1-5-6-4-10-11-8(6)3-2-7(5)9(12)13/h2-4,8,12-13H,1H3/t8-/m1/s1. The molecule has 0 aromatic carbocycles. The van der Waals surface area contributed by atoms with E-state index in [0.717, 1.165) is 11.1 Å². The molecule has 0 amide bonds. The molecule has 0 aromatic rings. The summed E-state index contributed by atoms with van der Waals surface area (Å²) in [5.41, 5.74) is 2.33. The lowest BCUT2D eigenvalue weighted by Crippen LogP contribution is -2.20. The molecular formula is C8H9BN2O2. The minimum absolute atomic E-state index is 0.0255. The molecule has 0 spiro atoms. The van der Waals surface area contributed by atoms with Crippen LogP contribution in [0.2, 0.25) is 0 Å². The quantitative estimate of drug-likeness (QED) is 0.574. The second-order valence-corrected chi connectivity index (χ2v) is 3.07. The Morgan fingerprint density at radius 1 is 1.46 bits per heavy atom. The maximum absolute atomic E-state index is 9.03. The molecule has 0 unspecified atom stereocenters. The number of hydrogen-bond donors (Lipinski definition) is 2. The molecule has 13 heavy (non-hydrogen) atoms. The van der Waals surface area contributed by atoms with Crippen molar-refractivity contribution in [1.29, 1.82) is 0 Å². The van der Waals surface area contributed by atoms with Gasteiger partial charge in [0.05, 0.1) is 6.20 Å². The monoisotopic (exact) mass is 176 g/mol. The average molecular weight is 176 g/mol. The first kappa shape index (κ1) is 8.41. The summed E-state index contributed by atoms with van der Waals surface area (Å²) >= 11 is 0. The van der Waals surface area contributed by atoms with Gasteiger partial charge in [-0.05, 0) is 18.0 Å². The molecule has 0 saturated carbocycles. The van der Waals surface area contributed by atoms with Crippen molar-refractivity contribution in [3.63, 3.8) is 0 Å². The van der Waals surface area contributed by atoms with Gasteiger partial charge in [-0.2, -0.15) is 10.2 Å². The molecule has 5 heteroatoms. The molecule has 0 bridgehead atoms. The van der Waals surface area contributed by atoms with Crippen LogP contribution in [0.1, 0.15) is 6.92 Å². The van der Waals surface area contributed by atoms with Gasteiger partial charge in [0.25, 0.3) is 0 Å².